The first-order chi connectivity index (χ1) is 8.74. The molecule has 1 rings (SSSR count). The van der Waals surface area contributed by atoms with Crippen LogP contribution in [0.4, 0.5) is 0 Å². The number of likely N-dealkylation sites (N-methyl/N-ethyl adjacent to an activating group) is 1. The molecule has 0 heterocycles. The maximum Gasteiger partial charge on any atom is 0.236 e. The van der Waals surface area contributed by atoms with E-state index in [9.17, 15) is 4.79 Å². The van der Waals surface area contributed by atoms with E-state index in [0.717, 1.165) is 5.75 Å². The van der Waals surface area contributed by atoms with Crippen molar-refractivity contribution in [3.05, 3.63) is 30.3 Å². The lowest BCUT2D eigenvalue weighted by Gasteiger charge is -2.17. The Hall–Kier alpha value is -1.99. The van der Waals surface area contributed by atoms with Crippen LogP contribution in [0.5, 0.6) is 5.75 Å². The summed E-state index contributed by atoms with van der Waals surface area (Å²) in [4.78, 5) is 13.2. The molecule has 1 aromatic carbocycles. The van der Waals surface area contributed by atoms with Crippen LogP contribution >= 0.6 is 0 Å². The molecule has 0 aliphatic carbocycles. The number of amides is 1. The molecule has 1 aromatic rings. The van der Waals surface area contributed by atoms with Crippen LogP contribution in [0.3, 0.4) is 0 Å². The molecule has 0 aliphatic rings. The van der Waals surface area contributed by atoms with Crippen LogP contribution in [0.15, 0.2) is 30.3 Å². The normalized spacial score (nSPS) is 9.56. The Morgan fingerprint density at radius 2 is 2.17 bits per heavy atom. The molecule has 0 aromatic heterocycles. The Bertz CT molecular complexity index is 398. The van der Waals surface area contributed by atoms with Gasteiger partial charge in [-0.1, -0.05) is 24.1 Å². The van der Waals surface area contributed by atoms with E-state index in [2.05, 4.69) is 11.2 Å². The van der Waals surface area contributed by atoms with Crippen molar-refractivity contribution in [3.8, 4) is 18.1 Å². The highest BCUT2D eigenvalue weighted by atomic mass is 16.5. The molecule has 1 N–H and O–H groups in total. The number of carbonyl (C=O) groups is 1. The van der Waals surface area contributed by atoms with Gasteiger partial charge in [-0.05, 0) is 12.1 Å². The maximum absolute atomic E-state index is 11.6. The highest BCUT2D eigenvalue weighted by Crippen LogP contribution is 2.07. The van der Waals surface area contributed by atoms with Gasteiger partial charge in [0.2, 0.25) is 5.91 Å². The monoisotopic (exact) mass is 246 g/mol. The second kappa shape index (κ2) is 8.15. The quantitative estimate of drug-likeness (QED) is 0.570. The van der Waals surface area contributed by atoms with Gasteiger partial charge >= 0.3 is 0 Å². The van der Waals surface area contributed by atoms with E-state index in [1.165, 1.54) is 0 Å². The maximum atomic E-state index is 11.6. The first-order valence-corrected chi connectivity index (χ1v) is 5.80. The molecule has 0 atom stereocenters. The van der Waals surface area contributed by atoms with Crippen LogP contribution in [0.25, 0.3) is 0 Å². The summed E-state index contributed by atoms with van der Waals surface area (Å²) in [5, 5.41) is 2.86. The molecule has 0 fully saturated rings. The minimum Gasteiger partial charge on any atom is -0.492 e. The van der Waals surface area contributed by atoms with Gasteiger partial charge in [0, 0.05) is 7.05 Å². The lowest BCUT2D eigenvalue weighted by molar-refractivity contribution is -0.129. The van der Waals surface area contributed by atoms with E-state index >= 15 is 0 Å². The average molecular weight is 246 g/mol. The fourth-order valence-electron chi connectivity index (χ4n) is 1.32. The number of nitrogens with zero attached hydrogens (tertiary/aromatic N) is 1. The first kappa shape index (κ1) is 14.1. The highest BCUT2D eigenvalue weighted by molar-refractivity contribution is 5.77. The number of terminal acetylenes is 1. The molecule has 4 heteroatoms. The van der Waals surface area contributed by atoms with Gasteiger partial charge in [-0.2, -0.15) is 0 Å². The standard InChI is InChI=1S/C14H18N2O2/c1-3-9-15-12-14(17)16(2)10-11-18-13-7-5-4-6-8-13/h1,4-8,15H,9-12H2,2H3. The lowest BCUT2D eigenvalue weighted by Crippen LogP contribution is -2.37. The Morgan fingerprint density at radius 1 is 1.44 bits per heavy atom. The fourth-order valence-corrected chi connectivity index (χ4v) is 1.32. The zero-order valence-corrected chi connectivity index (χ0v) is 10.6. The molecule has 0 bridgehead atoms. The smallest absolute Gasteiger partial charge is 0.236 e. The van der Waals surface area contributed by atoms with Crippen LogP contribution in [0.2, 0.25) is 0 Å². The second-order valence-corrected chi connectivity index (χ2v) is 3.78. The van der Waals surface area contributed by atoms with Gasteiger partial charge in [0.05, 0.1) is 19.6 Å². The predicted molar refractivity (Wildman–Crippen MR) is 71.3 cm³/mol. The third-order valence-corrected chi connectivity index (χ3v) is 2.37. The predicted octanol–water partition coefficient (Wildman–Crippen LogP) is 0.747. The van der Waals surface area contributed by atoms with E-state index in [1.54, 1.807) is 11.9 Å². The fraction of sp³-hybridized carbons (Fsp3) is 0.357. The molecule has 0 aliphatic heterocycles. The SMILES string of the molecule is C#CCNCC(=O)N(C)CCOc1ccccc1. The van der Waals surface area contributed by atoms with Gasteiger partial charge in [0.15, 0.2) is 0 Å². The van der Waals surface area contributed by atoms with Crippen LogP contribution in [0.1, 0.15) is 0 Å². The van der Waals surface area contributed by atoms with Crippen molar-refractivity contribution in [2.45, 2.75) is 0 Å². The number of nitrogens with one attached hydrogen (secondary N) is 1. The summed E-state index contributed by atoms with van der Waals surface area (Å²) >= 11 is 0. The number of rotatable bonds is 7. The number of para-hydroxylation sites is 1. The zero-order valence-electron chi connectivity index (χ0n) is 10.6. The molecule has 0 saturated heterocycles. The van der Waals surface area contributed by atoms with Crippen molar-refractivity contribution in [3.63, 3.8) is 0 Å². The van der Waals surface area contributed by atoms with Gasteiger partial charge in [0.1, 0.15) is 12.4 Å². The Balaban J connectivity index is 2.19. The van der Waals surface area contributed by atoms with E-state index in [4.69, 9.17) is 11.2 Å². The molecular formula is C14H18N2O2. The largest absolute Gasteiger partial charge is 0.492 e. The van der Waals surface area contributed by atoms with Gasteiger partial charge in [-0.15, -0.1) is 6.42 Å². The highest BCUT2D eigenvalue weighted by Gasteiger charge is 2.07. The number of benzene rings is 1. The number of carbonyl (C=O) groups excluding carboxylic acids is 1. The molecule has 0 radical (unpaired) electrons. The Kier molecular flexibility index (Phi) is 6.37. The number of hydrogen-bond donors (Lipinski definition) is 1. The molecule has 0 unspecified atom stereocenters. The number of ether oxygens (including phenoxy) is 1. The summed E-state index contributed by atoms with van der Waals surface area (Å²) in [5.74, 6) is 3.23. The van der Waals surface area contributed by atoms with Gasteiger partial charge in [-0.25, -0.2) is 0 Å². The molecule has 0 spiro atoms. The average Bonchev–Trinajstić information content (AvgIpc) is 2.40. The van der Waals surface area contributed by atoms with E-state index < -0.39 is 0 Å². The summed E-state index contributed by atoms with van der Waals surface area (Å²) in [6, 6.07) is 9.52. The first-order valence-electron chi connectivity index (χ1n) is 5.80. The van der Waals surface area contributed by atoms with Crippen molar-refractivity contribution >= 4 is 5.91 Å². The van der Waals surface area contributed by atoms with Crippen molar-refractivity contribution in [1.29, 1.82) is 0 Å². The minimum atomic E-state index is 0.00177. The topological polar surface area (TPSA) is 41.6 Å². The second-order valence-electron chi connectivity index (χ2n) is 3.78. The van der Waals surface area contributed by atoms with Gasteiger partial charge in [0.25, 0.3) is 0 Å². The van der Waals surface area contributed by atoms with E-state index in [1.807, 2.05) is 30.3 Å². The third kappa shape index (κ3) is 5.37. The summed E-state index contributed by atoms with van der Waals surface area (Å²) in [6.45, 7) is 1.68. The minimum absolute atomic E-state index is 0.00177. The molecule has 18 heavy (non-hydrogen) atoms. The van der Waals surface area contributed by atoms with E-state index in [-0.39, 0.29) is 12.5 Å². The molecular weight excluding hydrogens is 228 g/mol. The van der Waals surface area contributed by atoms with Crippen molar-refractivity contribution < 1.29 is 9.53 Å². The van der Waals surface area contributed by atoms with Crippen molar-refractivity contribution in [2.24, 2.45) is 0 Å². The molecule has 1 amide bonds. The van der Waals surface area contributed by atoms with Crippen LogP contribution in [-0.2, 0) is 4.79 Å². The lowest BCUT2D eigenvalue weighted by atomic mass is 10.3. The molecule has 0 saturated carbocycles. The summed E-state index contributed by atoms with van der Waals surface area (Å²) < 4.78 is 5.51. The van der Waals surface area contributed by atoms with Crippen LogP contribution in [-0.4, -0.2) is 44.1 Å². The van der Waals surface area contributed by atoms with Crippen LogP contribution in [0, 0.1) is 12.3 Å². The summed E-state index contributed by atoms with van der Waals surface area (Å²) in [7, 11) is 1.74. The van der Waals surface area contributed by atoms with Crippen molar-refractivity contribution in [2.75, 3.05) is 33.3 Å². The third-order valence-electron chi connectivity index (χ3n) is 2.37. The van der Waals surface area contributed by atoms with Gasteiger partial charge in [-0.3, -0.25) is 10.1 Å². The Morgan fingerprint density at radius 3 is 2.83 bits per heavy atom. The molecule has 96 valence electrons. The molecule has 4 nitrogen and oxygen atoms in total. The Labute approximate surface area is 108 Å². The van der Waals surface area contributed by atoms with Crippen molar-refractivity contribution in [1.82, 2.24) is 10.2 Å². The number of hydrogen-bond acceptors (Lipinski definition) is 3. The summed E-state index contributed by atoms with van der Waals surface area (Å²) in [6.07, 6.45) is 5.08. The van der Waals surface area contributed by atoms with E-state index in [0.29, 0.717) is 19.7 Å². The summed E-state index contributed by atoms with van der Waals surface area (Å²) in [5.41, 5.74) is 0. The van der Waals surface area contributed by atoms with Crippen LogP contribution < -0.4 is 10.1 Å². The van der Waals surface area contributed by atoms with Gasteiger partial charge < -0.3 is 9.64 Å². The zero-order chi connectivity index (χ0) is 13.2.